The highest BCUT2D eigenvalue weighted by Gasteiger charge is 2.03. The second-order valence-electron chi connectivity index (χ2n) is 3.54. The van der Waals surface area contributed by atoms with Gasteiger partial charge in [0.25, 0.3) is 0 Å². The van der Waals surface area contributed by atoms with Gasteiger partial charge in [-0.15, -0.1) is 0 Å². The van der Waals surface area contributed by atoms with E-state index >= 15 is 0 Å². The SMILES string of the molecule is CN(C)c1ccc(N=C(N)N=C(N)N)cc1Cl. The first-order chi connectivity index (χ1) is 7.90. The van der Waals surface area contributed by atoms with Crippen molar-refractivity contribution >= 4 is 34.9 Å². The first-order valence-electron chi connectivity index (χ1n) is 4.81. The molecule has 1 aromatic carbocycles. The lowest BCUT2D eigenvalue weighted by atomic mass is 10.2. The van der Waals surface area contributed by atoms with Crippen molar-refractivity contribution < 1.29 is 0 Å². The van der Waals surface area contributed by atoms with E-state index in [0.29, 0.717) is 10.7 Å². The van der Waals surface area contributed by atoms with Crippen LogP contribution in [0.5, 0.6) is 0 Å². The summed E-state index contributed by atoms with van der Waals surface area (Å²) in [6, 6.07) is 5.30. The minimum absolute atomic E-state index is 0.0151. The van der Waals surface area contributed by atoms with Gasteiger partial charge in [-0.3, -0.25) is 0 Å². The van der Waals surface area contributed by atoms with Crippen molar-refractivity contribution in [1.29, 1.82) is 0 Å². The molecule has 1 rings (SSSR count). The highest BCUT2D eigenvalue weighted by molar-refractivity contribution is 6.33. The summed E-state index contributed by atoms with van der Waals surface area (Å²) in [6.45, 7) is 0. The van der Waals surface area contributed by atoms with E-state index in [-0.39, 0.29) is 11.9 Å². The van der Waals surface area contributed by atoms with Crippen LogP contribution in [0, 0.1) is 0 Å². The van der Waals surface area contributed by atoms with E-state index < -0.39 is 0 Å². The molecule has 92 valence electrons. The lowest BCUT2D eigenvalue weighted by Gasteiger charge is -2.14. The van der Waals surface area contributed by atoms with Crippen LogP contribution in [0.1, 0.15) is 0 Å². The van der Waals surface area contributed by atoms with Crippen LogP contribution in [-0.2, 0) is 0 Å². The number of hydrogen-bond acceptors (Lipinski definition) is 2. The molecule has 0 atom stereocenters. The molecular weight excluding hydrogens is 240 g/mol. The van der Waals surface area contributed by atoms with Crippen molar-refractivity contribution in [1.82, 2.24) is 0 Å². The summed E-state index contributed by atoms with van der Waals surface area (Å²) >= 11 is 6.08. The summed E-state index contributed by atoms with van der Waals surface area (Å²) < 4.78 is 0. The maximum atomic E-state index is 6.08. The van der Waals surface area contributed by atoms with E-state index in [0.717, 1.165) is 5.69 Å². The van der Waals surface area contributed by atoms with Gasteiger partial charge in [0.05, 0.1) is 16.4 Å². The Morgan fingerprint density at radius 2 is 1.88 bits per heavy atom. The Labute approximate surface area is 105 Å². The second kappa shape index (κ2) is 5.40. The number of aliphatic imine (C=N–C) groups is 2. The van der Waals surface area contributed by atoms with Crippen molar-refractivity contribution in [3.05, 3.63) is 23.2 Å². The number of nitrogens with two attached hydrogens (primary N) is 3. The fourth-order valence-corrected chi connectivity index (χ4v) is 1.56. The van der Waals surface area contributed by atoms with Crippen LogP contribution in [0.25, 0.3) is 0 Å². The van der Waals surface area contributed by atoms with Gasteiger partial charge in [0.15, 0.2) is 5.96 Å². The second-order valence-corrected chi connectivity index (χ2v) is 3.94. The van der Waals surface area contributed by atoms with Crippen LogP contribution < -0.4 is 22.1 Å². The van der Waals surface area contributed by atoms with Crippen molar-refractivity contribution in [3.8, 4) is 0 Å². The van der Waals surface area contributed by atoms with Gasteiger partial charge < -0.3 is 22.1 Å². The molecule has 7 heteroatoms. The minimum Gasteiger partial charge on any atom is -0.376 e. The number of halogens is 1. The number of rotatable bonds is 2. The fraction of sp³-hybridized carbons (Fsp3) is 0.200. The van der Waals surface area contributed by atoms with E-state index in [1.54, 1.807) is 12.1 Å². The summed E-state index contributed by atoms with van der Waals surface area (Å²) in [4.78, 5) is 9.51. The van der Waals surface area contributed by atoms with Gasteiger partial charge >= 0.3 is 0 Å². The van der Waals surface area contributed by atoms with Crippen molar-refractivity contribution in [2.24, 2.45) is 27.2 Å². The highest BCUT2D eigenvalue weighted by atomic mass is 35.5. The summed E-state index contributed by atoms with van der Waals surface area (Å²) in [6.07, 6.45) is 0. The Kier molecular flexibility index (Phi) is 4.17. The van der Waals surface area contributed by atoms with Crippen molar-refractivity contribution in [3.63, 3.8) is 0 Å². The molecule has 6 N–H and O–H groups in total. The molecule has 0 aromatic heterocycles. The van der Waals surface area contributed by atoms with Crippen LogP contribution in [0.3, 0.4) is 0 Å². The molecule has 0 saturated heterocycles. The monoisotopic (exact) mass is 254 g/mol. The average Bonchev–Trinajstić information content (AvgIpc) is 2.15. The summed E-state index contributed by atoms with van der Waals surface area (Å²) in [5, 5.41) is 0.578. The highest BCUT2D eigenvalue weighted by Crippen LogP contribution is 2.28. The van der Waals surface area contributed by atoms with E-state index in [1.807, 2.05) is 25.1 Å². The minimum atomic E-state index is -0.137. The van der Waals surface area contributed by atoms with E-state index in [2.05, 4.69) is 9.98 Å². The number of guanidine groups is 2. The topological polar surface area (TPSA) is 106 Å². The van der Waals surface area contributed by atoms with Gasteiger partial charge in [-0.1, -0.05) is 11.6 Å². The summed E-state index contributed by atoms with van der Waals surface area (Å²) in [7, 11) is 3.80. The van der Waals surface area contributed by atoms with Crippen LogP contribution in [0.15, 0.2) is 28.2 Å². The Morgan fingerprint density at radius 1 is 1.24 bits per heavy atom. The van der Waals surface area contributed by atoms with Crippen LogP contribution >= 0.6 is 11.6 Å². The zero-order valence-electron chi connectivity index (χ0n) is 9.68. The molecule has 17 heavy (non-hydrogen) atoms. The third-order valence-corrected chi connectivity index (χ3v) is 2.20. The zero-order chi connectivity index (χ0) is 13.0. The Morgan fingerprint density at radius 3 is 2.35 bits per heavy atom. The van der Waals surface area contributed by atoms with Crippen LogP contribution in [-0.4, -0.2) is 26.0 Å². The molecule has 1 aromatic rings. The molecule has 0 unspecified atom stereocenters. The normalized spacial score (nSPS) is 11.1. The number of nitrogens with zero attached hydrogens (tertiary/aromatic N) is 3. The largest absolute Gasteiger partial charge is 0.376 e. The molecule has 0 amide bonds. The van der Waals surface area contributed by atoms with E-state index in [9.17, 15) is 0 Å². The van der Waals surface area contributed by atoms with E-state index in [4.69, 9.17) is 28.8 Å². The molecule has 0 fully saturated rings. The fourth-order valence-electron chi connectivity index (χ4n) is 1.22. The first-order valence-corrected chi connectivity index (χ1v) is 5.18. The van der Waals surface area contributed by atoms with Crippen LogP contribution in [0.2, 0.25) is 5.02 Å². The molecule has 0 aliphatic heterocycles. The van der Waals surface area contributed by atoms with Gasteiger partial charge in [-0.05, 0) is 18.2 Å². The van der Waals surface area contributed by atoms with Gasteiger partial charge in [0, 0.05) is 14.1 Å². The molecule has 6 nitrogen and oxygen atoms in total. The quantitative estimate of drug-likeness (QED) is 0.531. The summed E-state index contributed by atoms with van der Waals surface area (Å²) in [5.74, 6) is -0.152. The smallest absolute Gasteiger partial charge is 0.223 e. The number of anilines is 1. The Hall–Kier alpha value is -1.95. The van der Waals surface area contributed by atoms with Gasteiger partial charge in [0.1, 0.15) is 0 Å². The standard InChI is InChI=1S/C10H15ClN6/c1-17(2)8-4-3-6(5-7(8)11)15-10(14)16-9(12)13/h3-5H,1-2H3,(H6,12,13,14,15,16). The maximum Gasteiger partial charge on any atom is 0.223 e. The number of benzene rings is 1. The molecule has 0 aliphatic carbocycles. The molecule has 0 saturated carbocycles. The third kappa shape index (κ3) is 3.84. The van der Waals surface area contributed by atoms with Crippen molar-refractivity contribution in [2.45, 2.75) is 0 Å². The molecule has 0 bridgehead atoms. The average molecular weight is 255 g/mol. The Bertz CT molecular complexity index is 462. The maximum absolute atomic E-state index is 6.08. The molecule has 0 radical (unpaired) electrons. The number of hydrogen-bond donors (Lipinski definition) is 3. The molecular formula is C10H15ClN6. The summed E-state index contributed by atoms with van der Waals surface area (Å²) in [5.41, 5.74) is 17.3. The lowest BCUT2D eigenvalue weighted by Crippen LogP contribution is -2.26. The molecule has 0 aliphatic rings. The zero-order valence-corrected chi connectivity index (χ0v) is 10.4. The van der Waals surface area contributed by atoms with Gasteiger partial charge in [0.2, 0.25) is 5.96 Å². The molecule has 0 spiro atoms. The lowest BCUT2D eigenvalue weighted by molar-refractivity contribution is 1.13. The first kappa shape index (κ1) is 13.1. The predicted molar refractivity (Wildman–Crippen MR) is 72.9 cm³/mol. The van der Waals surface area contributed by atoms with Gasteiger partial charge in [-0.25, -0.2) is 4.99 Å². The van der Waals surface area contributed by atoms with Crippen molar-refractivity contribution in [2.75, 3.05) is 19.0 Å². The third-order valence-electron chi connectivity index (χ3n) is 1.90. The van der Waals surface area contributed by atoms with Crippen LogP contribution in [0.4, 0.5) is 11.4 Å². The Balaban J connectivity index is 3.03. The van der Waals surface area contributed by atoms with E-state index in [1.165, 1.54) is 0 Å². The van der Waals surface area contributed by atoms with Gasteiger partial charge in [-0.2, -0.15) is 4.99 Å². The molecule has 0 heterocycles. The predicted octanol–water partition coefficient (Wildman–Crippen LogP) is 0.626.